The first-order valence-electron chi connectivity index (χ1n) is 6.89. The van der Waals surface area contributed by atoms with Gasteiger partial charge in [0.1, 0.15) is 0 Å². The van der Waals surface area contributed by atoms with Gasteiger partial charge in [-0.2, -0.15) is 15.5 Å². The summed E-state index contributed by atoms with van der Waals surface area (Å²) in [5.41, 5.74) is 4.96. The number of nitriles is 1. The lowest BCUT2D eigenvalue weighted by atomic mass is 9.98. The third-order valence-electron chi connectivity index (χ3n) is 3.84. The molecule has 21 heavy (non-hydrogen) atoms. The molecule has 0 aliphatic carbocycles. The van der Waals surface area contributed by atoms with E-state index in [1.807, 2.05) is 55.1 Å². The zero-order valence-electron chi connectivity index (χ0n) is 12.4. The Morgan fingerprint density at radius 3 is 2.81 bits per heavy atom. The van der Waals surface area contributed by atoms with E-state index in [4.69, 9.17) is 5.26 Å². The highest BCUT2D eigenvalue weighted by Crippen LogP contribution is 2.32. The van der Waals surface area contributed by atoms with Gasteiger partial charge in [0.25, 0.3) is 0 Å². The first kappa shape index (κ1) is 13.4. The van der Waals surface area contributed by atoms with Gasteiger partial charge >= 0.3 is 0 Å². The second kappa shape index (κ2) is 5.06. The van der Waals surface area contributed by atoms with Gasteiger partial charge in [0.05, 0.1) is 29.1 Å². The predicted octanol–water partition coefficient (Wildman–Crippen LogP) is 2.38. The first-order valence-corrected chi connectivity index (χ1v) is 6.89. The van der Waals surface area contributed by atoms with Crippen LogP contribution in [0.3, 0.4) is 0 Å². The molecule has 3 rings (SSSR count). The molecule has 2 aromatic rings. The Hall–Kier alpha value is -2.61. The van der Waals surface area contributed by atoms with Crippen LogP contribution in [0.15, 0.2) is 35.6 Å². The summed E-state index contributed by atoms with van der Waals surface area (Å²) < 4.78 is 1.82. The predicted molar refractivity (Wildman–Crippen MR) is 80.8 cm³/mol. The SMILES string of the molecule is Cc1nn(C)cc1C1=NN(C)C(c2cccc(C#N)c2)C1. The zero-order chi connectivity index (χ0) is 15.0. The zero-order valence-corrected chi connectivity index (χ0v) is 12.4. The quantitative estimate of drug-likeness (QED) is 0.848. The number of hydrogen-bond acceptors (Lipinski definition) is 4. The molecule has 0 fully saturated rings. The molecule has 5 heteroatoms. The van der Waals surface area contributed by atoms with E-state index in [-0.39, 0.29) is 6.04 Å². The van der Waals surface area contributed by atoms with Crippen molar-refractivity contribution in [3.63, 3.8) is 0 Å². The minimum Gasteiger partial charge on any atom is -0.292 e. The lowest BCUT2D eigenvalue weighted by molar-refractivity contribution is 0.290. The van der Waals surface area contributed by atoms with Crippen molar-refractivity contribution >= 4 is 5.71 Å². The third-order valence-corrected chi connectivity index (χ3v) is 3.84. The molecule has 0 saturated heterocycles. The van der Waals surface area contributed by atoms with Gasteiger partial charge in [-0.25, -0.2) is 0 Å². The average Bonchev–Trinajstić information content (AvgIpc) is 3.01. The molecule has 1 aliphatic heterocycles. The number of benzene rings is 1. The van der Waals surface area contributed by atoms with Crippen molar-refractivity contribution in [3.8, 4) is 6.07 Å². The highest BCUT2D eigenvalue weighted by molar-refractivity contribution is 6.02. The monoisotopic (exact) mass is 279 g/mol. The standard InChI is InChI=1S/C16H17N5/c1-11-14(10-20(2)18-11)15-8-16(21(3)19-15)13-6-4-5-12(7-13)9-17/h4-7,10,16H,8H2,1-3H3. The molecule has 1 atom stereocenters. The maximum absolute atomic E-state index is 9.04. The van der Waals surface area contributed by atoms with Crippen LogP contribution in [0, 0.1) is 18.3 Å². The Morgan fingerprint density at radius 2 is 2.14 bits per heavy atom. The molecular weight excluding hydrogens is 262 g/mol. The van der Waals surface area contributed by atoms with Crippen molar-refractivity contribution < 1.29 is 0 Å². The Morgan fingerprint density at radius 1 is 1.33 bits per heavy atom. The lowest BCUT2D eigenvalue weighted by Gasteiger charge is -2.19. The summed E-state index contributed by atoms with van der Waals surface area (Å²) in [5.74, 6) is 0. The fraction of sp³-hybridized carbons (Fsp3) is 0.312. The van der Waals surface area contributed by atoms with Gasteiger partial charge in [-0.05, 0) is 24.6 Å². The van der Waals surface area contributed by atoms with E-state index in [1.54, 1.807) is 0 Å². The van der Waals surface area contributed by atoms with Crippen LogP contribution < -0.4 is 0 Å². The number of hydrazone groups is 1. The molecule has 0 amide bonds. The van der Waals surface area contributed by atoms with Gasteiger partial charge < -0.3 is 0 Å². The van der Waals surface area contributed by atoms with E-state index in [0.717, 1.165) is 29.0 Å². The van der Waals surface area contributed by atoms with Crippen LogP contribution in [-0.4, -0.2) is 27.5 Å². The number of rotatable bonds is 2. The summed E-state index contributed by atoms with van der Waals surface area (Å²) in [5, 5.41) is 20.0. The molecule has 0 saturated carbocycles. The van der Waals surface area contributed by atoms with E-state index in [0.29, 0.717) is 5.56 Å². The second-order valence-electron chi connectivity index (χ2n) is 5.38. The van der Waals surface area contributed by atoms with E-state index >= 15 is 0 Å². The summed E-state index contributed by atoms with van der Waals surface area (Å²) in [7, 11) is 3.89. The van der Waals surface area contributed by atoms with Crippen LogP contribution in [0.25, 0.3) is 0 Å². The van der Waals surface area contributed by atoms with Crippen molar-refractivity contribution in [1.29, 1.82) is 5.26 Å². The van der Waals surface area contributed by atoms with Gasteiger partial charge in [-0.1, -0.05) is 12.1 Å². The van der Waals surface area contributed by atoms with Gasteiger partial charge in [-0.3, -0.25) is 9.69 Å². The smallest absolute Gasteiger partial charge is 0.0991 e. The van der Waals surface area contributed by atoms with E-state index in [1.165, 1.54) is 0 Å². The molecule has 0 bridgehead atoms. The van der Waals surface area contributed by atoms with Crippen LogP contribution in [-0.2, 0) is 7.05 Å². The minimum atomic E-state index is 0.174. The van der Waals surface area contributed by atoms with Crippen molar-refractivity contribution in [2.45, 2.75) is 19.4 Å². The van der Waals surface area contributed by atoms with Crippen LogP contribution in [0.2, 0.25) is 0 Å². The topological polar surface area (TPSA) is 57.2 Å². The van der Waals surface area contributed by atoms with Gasteiger partial charge in [0, 0.05) is 32.3 Å². The van der Waals surface area contributed by atoms with Gasteiger partial charge in [0.15, 0.2) is 0 Å². The van der Waals surface area contributed by atoms with Crippen molar-refractivity contribution in [2.24, 2.45) is 12.1 Å². The summed E-state index contributed by atoms with van der Waals surface area (Å²) in [6, 6.07) is 10.1. The summed E-state index contributed by atoms with van der Waals surface area (Å²) in [4.78, 5) is 0. The fourth-order valence-electron chi connectivity index (χ4n) is 2.81. The number of hydrogen-bond donors (Lipinski definition) is 0. The summed E-state index contributed by atoms with van der Waals surface area (Å²) in [6.45, 7) is 2.00. The fourth-order valence-corrected chi connectivity index (χ4v) is 2.81. The maximum atomic E-state index is 9.04. The molecule has 1 aromatic carbocycles. The number of aromatic nitrogens is 2. The molecule has 1 unspecified atom stereocenters. The van der Waals surface area contributed by atoms with Crippen LogP contribution in [0.4, 0.5) is 0 Å². The van der Waals surface area contributed by atoms with Crippen LogP contribution >= 0.6 is 0 Å². The normalized spacial score (nSPS) is 17.7. The first-order chi connectivity index (χ1) is 10.1. The Kier molecular flexibility index (Phi) is 3.22. The molecule has 1 aromatic heterocycles. The second-order valence-corrected chi connectivity index (χ2v) is 5.38. The highest BCUT2D eigenvalue weighted by Gasteiger charge is 2.27. The van der Waals surface area contributed by atoms with E-state index in [2.05, 4.69) is 22.3 Å². The average molecular weight is 279 g/mol. The summed E-state index contributed by atoms with van der Waals surface area (Å²) >= 11 is 0. The van der Waals surface area contributed by atoms with E-state index < -0.39 is 0 Å². The Labute approximate surface area is 124 Å². The number of aryl methyl sites for hydroxylation is 2. The number of nitrogens with zero attached hydrogens (tertiary/aromatic N) is 5. The maximum Gasteiger partial charge on any atom is 0.0991 e. The third kappa shape index (κ3) is 2.40. The molecule has 1 aliphatic rings. The molecule has 106 valence electrons. The molecular formula is C16H17N5. The molecule has 0 N–H and O–H groups in total. The molecule has 5 nitrogen and oxygen atoms in total. The Balaban J connectivity index is 1.89. The van der Waals surface area contributed by atoms with Gasteiger partial charge in [-0.15, -0.1) is 0 Å². The molecule has 0 spiro atoms. The lowest BCUT2D eigenvalue weighted by Crippen LogP contribution is -2.14. The van der Waals surface area contributed by atoms with E-state index in [9.17, 15) is 0 Å². The van der Waals surface area contributed by atoms with Crippen molar-refractivity contribution in [2.75, 3.05) is 7.05 Å². The largest absolute Gasteiger partial charge is 0.292 e. The minimum absolute atomic E-state index is 0.174. The van der Waals surface area contributed by atoms with Crippen molar-refractivity contribution in [3.05, 3.63) is 52.8 Å². The van der Waals surface area contributed by atoms with Gasteiger partial charge in [0.2, 0.25) is 0 Å². The molecule has 2 heterocycles. The van der Waals surface area contributed by atoms with Crippen LogP contribution in [0.1, 0.15) is 34.8 Å². The summed E-state index contributed by atoms with van der Waals surface area (Å²) in [6.07, 6.45) is 2.84. The van der Waals surface area contributed by atoms with Crippen LogP contribution in [0.5, 0.6) is 0 Å². The highest BCUT2D eigenvalue weighted by atomic mass is 15.5. The van der Waals surface area contributed by atoms with Crippen molar-refractivity contribution in [1.82, 2.24) is 14.8 Å². The molecule has 0 radical (unpaired) electrons. The Bertz CT molecular complexity index is 750.